The minimum Gasteiger partial charge on any atom is -0.351 e. The van der Waals surface area contributed by atoms with Gasteiger partial charge in [-0.1, -0.05) is 6.92 Å². The molecule has 2 atom stereocenters. The highest BCUT2D eigenvalue weighted by Gasteiger charge is 2.22. The van der Waals surface area contributed by atoms with Gasteiger partial charge in [0.1, 0.15) is 11.5 Å². The number of hydrogen-bond acceptors (Lipinski definition) is 4. The maximum atomic E-state index is 11.7. The Bertz CT molecular complexity index is 339. The summed E-state index contributed by atoms with van der Waals surface area (Å²) in [5, 5.41) is 2.86. The molecule has 0 saturated heterocycles. The molecule has 3 N–H and O–H groups in total. The Balaban J connectivity index is 2.11. The van der Waals surface area contributed by atoms with Crippen LogP contribution in [0.5, 0.6) is 0 Å². The molecule has 5 nitrogen and oxygen atoms in total. The van der Waals surface area contributed by atoms with Crippen molar-refractivity contribution < 1.29 is 9.59 Å². The standard InChI is InChI=1S/C13H23N3O2/c1-9-6-8-15-12(9)13(18)16-7-4-3-5-11(14)10(2)17/h9,11H,3-8,14H2,1-2H3,(H,16,18). The second kappa shape index (κ2) is 7.26. The van der Waals surface area contributed by atoms with Crippen LogP contribution in [0.1, 0.15) is 39.5 Å². The third kappa shape index (κ3) is 4.56. The Morgan fingerprint density at radius 2 is 2.22 bits per heavy atom. The summed E-state index contributed by atoms with van der Waals surface area (Å²) in [7, 11) is 0. The Labute approximate surface area is 108 Å². The average Bonchev–Trinajstić information content (AvgIpc) is 2.74. The second-order valence-electron chi connectivity index (χ2n) is 4.93. The summed E-state index contributed by atoms with van der Waals surface area (Å²) in [6.45, 7) is 4.91. The lowest BCUT2D eigenvalue weighted by Gasteiger charge is -2.09. The van der Waals surface area contributed by atoms with Gasteiger partial charge in [-0.15, -0.1) is 0 Å². The van der Waals surface area contributed by atoms with E-state index in [4.69, 9.17) is 5.73 Å². The van der Waals surface area contributed by atoms with Gasteiger partial charge in [-0.2, -0.15) is 0 Å². The summed E-state index contributed by atoms with van der Waals surface area (Å²) in [6.07, 6.45) is 3.34. The van der Waals surface area contributed by atoms with E-state index in [0.29, 0.717) is 18.7 Å². The van der Waals surface area contributed by atoms with Crippen LogP contribution in [0.4, 0.5) is 0 Å². The molecule has 0 bridgehead atoms. The Morgan fingerprint density at radius 1 is 1.50 bits per heavy atom. The van der Waals surface area contributed by atoms with Gasteiger partial charge in [0.15, 0.2) is 0 Å². The topological polar surface area (TPSA) is 84.5 Å². The molecule has 0 aromatic heterocycles. The van der Waals surface area contributed by atoms with E-state index in [1.165, 1.54) is 6.92 Å². The van der Waals surface area contributed by atoms with E-state index in [9.17, 15) is 9.59 Å². The predicted octanol–water partition coefficient (Wildman–Crippen LogP) is 0.670. The maximum Gasteiger partial charge on any atom is 0.265 e. The van der Waals surface area contributed by atoms with Gasteiger partial charge < -0.3 is 11.1 Å². The minimum atomic E-state index is -0.361. The number of amides is 1. The summed E-state index contributed by atoms with van der Waals surface area (Å²) in [5.41, 5.74) is 6.30. The normalized spacial score (nSPS) is 20.4. The highest BCUT2D eigenvalue weighted by atomic mass is 16.2. The third-order valence-electron chi connectivity index (χ3n) is 3.29. The van der Waals surface area contributed by atoms with Crippen LogP contribution < -0.4 is 11.1 Å². The molecule has 2 unspecified atom stereocenters. The number of ketones is 1. The van der Waals surface area contributed by atoms with Crippen molar-refractivity contribution in [1.29, 1.82) is 0 Å². The summed E-state index contributed by atoms with van der Waals surface area (Å²) < 4.78 is 0. The number of carbonyl (C=O) groups is 2. The van der Waals surface area contributed by atoms with E-state index in [1.54, 1.807) is 0 Å². The largest absolute Gasteiger partial charge is 0.351 e. The van der Waals surface area contributed by atoms with Crippen molar-refractivity contribution in [3.63, 3.8) is 0 Å². The molecule has 0 aromatic carbocycles. The fraction of sp³-hybridized carbons (Fsp3) is 0.769. The number of unbranched alkanes of at least 4 members (excludes halogenated alkanes) is 1. The molecule has 1 rings (SSSR count). The van der Waals surface area contributed by atoms with Gasteiger partial charge in [0.05, 0.1) is 6.04 Å². The zero-order chi connectivity index (χ0) is 13.5. The first-order valence-electron chi connectivity index (χ1n) is 6.61. The van der Waals surface area contributed by atoms with Gasteiger partial charge >= 0.3 is 0 Å². The number of Topliss-reactive ketones (excluding diaryl/α,β-unsaturated/α-hetero) is 1. The molecule has 0 aliphatic carbocycles. The number of nitrogens with one attached hydrogen (secondary N) is 1. The molecule has 0 aromatic rings. The van der Waals surface area contributed by atoms with Gasteiger partial charge in [0.2, 0.25) is 0 Å². The number of hydrogen-bond donors (Lipinski definition) is 2. The van der Waals surface area contributed by atoms with Crippen LogP contribution in [0.2, 0.25) is 0 Å². The zero-order valence-corrected chi connectivity index (χ0v) is 11.2. The van der Waals surface area contributed by atoms with Crippen LogP contribution in [-0.4, -0.2) is 36.5 Å². The fourth-order valence-corrected chi connectivity index (χ4v) is 1.95. The van der Waals surface area contributed by atoms with Crippen LogP contribution in [-0.2, 0) is 9.59 Å². The SMILES string of the molecule is CC(=O)C(N)CCCCNC(=O)C1=NCCC1C. The van der Waals surface area contributed by atoms with Gasteiger partial charge in [0, 0.05) is 19.0 Å². The van der Waals surface area contributed by atoms with Gasteiger partial charge in [0.25, 0.3) is 5.91 Å². The predicted molar refractivity (Wildman–Crippen MR) is 71.6 cm³/mol. The summed E-state index contributed by atoms with van der Waals surface area (Å²) in [4.78, 5) is 26.9. The number of carbonyl (C=O) groups excluding carboxylic acids is 2. The van der Waals surface area contributed by atoms with Crippen molar-refractivity contribution in [2.45, 2.75) is 45.6 Å². The molecule has 0 saturated carbocycles. The summed E-state index contributed by atoms with van der Waals surface area (Å²) >= 11 is 0. The first-order chi connectivity index (χ1) is 8.52. The van der Waals surface area contributed by atoms with Crippen molar-refractivity contribution >= 4 is 17.4 Å². The maximum absolute atomic E-state index is 11.7. The molecular weight excluding hydrogens is 230 g/mol. The van der Waals surface area contributed by atoms with Crippen LogP contribution >= 0.6 is 0 Å². The van der Waals surface area contributed by atoms with E-state index in [0.717, 1.165) is 25.8 Å². The second-order valence-corrected chi connectivity index (χ2v) is 4.93. The smallest absolute Gasteiger partial charge is 0.265 e. The van der Waals surface area contributed by atoms with Crippen LogP contribution in [0.15, 0.2) is 4.99 Å². The number of rotatable bonds is 7. The molecule has 102 valence electrons. The van der Waals surface area contributed by atoms with Crippen molar-refractivity contribution in [2.75, 3.05) is 13.1 Å². The van der Waals surface area contributed by atoms with Crippen molar-refractivity contribution in [3.8, 4) is 0 Å². The van der Waals surface area contributed by atoms with Gasteiger partial charge in [-0.05, 0) is 32.6 Å². The van der Waals surface area contributed by atoms with Crippen molar-refractivity contribution in [3.05, 3.63) is 0 Å². The van der Waals surface area contributed by atoms with Crippen molar-refractivity contribution in [2.24, 2.45) is 16.6 Å². The van der Waals surface area contributed by atoms with E-state index >= 15 is 0 Å². The lowest BCUT2D eigenvalue weighted by atomic mass is 10.0. The average molecular weight is 253 g/mol. The minimum absolute atomic E-state index is 0.0215. The number of nitrogens with two attached hydrogens (primary N) is 1. The van der Waals surface area contributed by atoms with E-state index < -0.39 is 0 Å². The van der Waals surface area contributed by atoms with Crippen LogP contribution in [0.3, 0.4) is 0 Å². The van der Waals surface area contributed by atoms with Crippen LogP contribution in [0.25, 0.3) is 0 Å². The van der Waals surface area contributed by atoms with Gasteiger partial charge in [-0.3, -0.25) is 14.6 Å². The lowest BCUT2D eigenvalue weighted by Crippen LogP contribution is -2.34. The lowest BCUT2D eigenvalue weighted by molar-refractivity contribution is -0.118. The monoisotopic (exact) mass is 253 g/mol. The molecule has 1 aliphatic rings. The van der Waals surface area contributed by atoms with Crippen molar-refractivity contribution in [1.82, 2.24) is 5.32 Å². The van der Waals surface area contributed by atoms with E-state index in [1.807, 2.05) is 6.92 Å². The molecule has 1 heterocycles. The highest BCUT2D eigenvalue weighted by molar-refractivity contribution is 6.40. The first kappa shape index (κ1) is 14.8. The molecule has 1 amide bonds. The first-order valence-corrected chi connectivity index (χ1v) is 6.61. The number of aliphatic imine (C=N–C) groups is 1. The highest BCUT2D eigenvalue weighted by Crippen LogP contribution is 2.12. The molecule has 0 spiro atoms. The Hall–Kier alpha value is -1.23. The summed E-state index contributed by atoms with van der Waals surface area (Å²) in [6, 6.07) is -0.361. The molecule has 0 fully saturated rings. The molecular formula is C13H23N3O2. The number of nitrogens with zero attached hydrogens (tertiary/aromatic N) is 1. The Kier molecular flexibility index (Phi) is 5.98. The third-order valence-corrected chi connectivity index (χ3v) is 3.29. The molecule has 0 radical (unpaired) electrons. The van der Waals surface area contributed by atoms with Gasteiger partial charge in [-0.25, -0.2) is 0 Å². The summed E-state index contributed by atoms with van der Waals surface area (Å²) in [5.74, 6) is 0.250. The quantitative estimate of drug-likeness (QED) is 0.654. The molecule has 1 aliphatic heterocycles. The van der Waals surface area contributed by atoms with E-state index in [-0.39, 0.29) is 23.7 Å². The molecule has 18 heavy (non-hydrogen) atoms. The zero-order valence-electron chi connectivity index (χ0n) is 11.2. The Morgan fingerprint density at radius 3 is 2.78 bits per heavy atom. The fourth-order valence-electron chi connectivity index (χ4n) is 1.95. The molecule has 5 heteroatoms. The van der Waals surface area contributed by atoms with Crippen LogP contribution in [0, 0.1) is 5.92 Å². The van der Waals surface area contributed by atoms with E-state index in [2.05, 4.69) is 10.3 Å².